The molecule has 1 unspecified atom stereocenters. The molecule has 1 atom stereocenters. The molecule has 3 N–H and O–H groups in total. The van der Waals surface area contributed by atoms with Gasteiger partial charge in [0.05, 0.1) is 5.69 Å². The molecule has 6 nitrogen and oxygen atoms in total. The first-order valence-electron chi connectivity index (χ1n) is 6.09. The van der Waals surface area contributed by atoms with E-state index in [1.807, 2.05) is 17.6 Å². The van der Waals surface area contributed by atoms with Crippen molar-refractivity contribution < 1.29 is 4.79 Å². The predicted molar refractivity (Wildman–Crippen MR) is 87.4 cm³/mol. The first-order valence-corrected chi connectivity index (χ1v) is 6.09. The Labute approximate surface area is 136 Å². The van der Waals surface area contributed by atoms with Crippen molar-refractivity contribution in [1.29, 1.82) is 0 Å². The Balaban J connectivity index is 0.00000200. The summed E-state index contributed by atoms with van der Waals surface area (Å²) in [5, 5.41) is 2.85. The third-order valence-electron chi connectivity index (χ3n) is 2.90. The maximum Gasteiger partial charge on any atom is 0.228 e. The van der Waals surface area contributed by atoms with Crippen LogP contribution in [0.2, 0.25) is 0 Å². The lowest BCUT2D eigenvalue weighted by molar-refractivity contribution is -0.119. The molecular formula is C13H19Cl2N5O. The highest BCUT2D eigenvalue weighted by Crippen LogP contribution is 2.19. The van der Waals surface area contributed by atoms with Crippen LogP contribution in [0, 0.1) is 12.8 Å². The zero-order valence-corrected chi connectivity index (χ0v) is 13.4. The second-order valence-electron chi connectivity index (χ2n) is 4.35. The number of pyridine rings is 1. The minimum atomic E-state index is -0.239. The number of amides is 1. The molecule has 2 aromatic heterocycles. The second kappa shape index (κ2) is 8.61. The van der Waals surface area contributed by atoms with Gasteiger partial charge in [-0.2, -0.15) is 0 Å². The fourth-order valence-electron chi connectivity index (χ4n) is 1.65. The summed E-state index contributed by atoms with van der Waals surface area (Å²) in [7, 11) is 0. The predicted octanol–water partition coefficient (Wildman–Crippen LogP) is 1.95. The van der Waals surface area contributed by atoms with E-state index in [4.69, 9.17) is 5.73 Å². The van der Waals surface area contributed by atoms with Gasteiger partial charge in [0.15, 0.2) is 5.82 Å². The molecule has 8 heteroatoms. The van der Waals surface area contributed by atoms with E-state index < -0.39 is 0 Å². The van der Waals surface area contributed by atoms with Gasteiger partial charge in [0.25, 0.3) is 0 Å². The Kier molecular flexibility index (Phi) is 7.94. The number of anilines is 1. The Morgan fingerprint density at radius 2 is 2.10 bits per heavy atom. The van der Waals surface area contributed by atoms with Crippen LogP contribution in [0.15, 0.2) is 30.7 Å². The van der Waals surface area contributed by atoms with E-state index in [2.05, 4.69) is 15.3 Å². The normalized spacial score (nSPS) is 11.0. The summed E-state index contributed by atoms with van der Waals surface area (Å²) >= 11 is 0. The number of nitrogens with two attached hydrogens (primary N) is 1. The average molecular weight is 332 g/mol. The van der Waals surface area contributed by atoms with Crippen LogP contribution in [0.3, 0.4) is 0 Å². The maximum atomic E-state index is 11.9. The number of hydrogen-bond acceptors (Lipinski definition) is 4. The van der Waals surface area contributed by atoms with Crippen molar-refractivity contribution in [2.75, 3.05) is 11.9 Å². The number of nitrogens with zero attached hydrogens (tertiary/aromatic N) is 3. The number of halogens is 2. The van der Waals surface area contributed by atoms with Crippen LogP contribution in [0.5, 0.6) is 0 Å². The SMILES string of the molecule is Cc1nccn1-c1ncccc1NC(=O)C(C)CN.Cl.Cl. The number of aromatic nitrogens is 3. The van der Waals surface area contributed by atoms with Crippen LogP contribution < -0.4 is 11.1 Å². The van der Waals surface area contributed by atoms with Gasteiger partial charge in [-0.1, -0.05) is 6.92 Å². The third-order valence-corrected chi connectivity index (χ3v) is 2.90. The monoisotopic (exact) mass is 331 g/mol. The number of aryl methyl sites for hydroxylation is 1. The van der Waals surface area contributed by atoms with E-state index in [0.717, 1.165) is 5.82 Å². The molecule has 0 aromatic carbocycles. The minimum absolute atomic E-state index is 0. The van der Waals surface area contributed by atoms with Crippen LogP contribution in [0.1, 0.15) is 12.7 Å². The zero-order chi connectivity index (χ0) is 13.8. The number of rotatable bonds is 4. The van der Waals surface area contributed by atoms with Crippen molar-refractivity contribution >= 4 is 36.4 Å². The smallest absolute Gasteiger partial charge is 0.228 e. The number of nitrogens with one attached hydrogen (secondary N) is 1. The summed E-state index contributed by atoms with van der Waals surface area (Å²) in [6, 6.07) is 3.58. The first kappa shape index (κ1) is 19.4. The van der Waals surface area contributed by atoms with Gasteiger partial charge < -0.3 is 11.1 Å². The van der Waals surface area contributed by atoms with Crippen molar-refractivity contribution in [2.24, 2.45) is 11.7 Å². The molecule has 0 aliphatic heterocycles. The van der Waals surface area contributed by atoms with Gasteiger partial charge in [0, 0.05) is 31.1 Å². The highest BCUT2D eigenvalue weighted by Gasteiger charge is 2.14. The summed E-state index contributed by atoms with van der Waals surface area (Å²) in [6.45, 7) is 3.97. The molecule has 2 rings (SSSR count). The minimum Gasteiger partial charge on any atom is -0.330 e. The Bertz CT molecular complexity index is 587. The molecule has 0 bridgehead atoms. The molecule has 2 heterocycles. The van der Waals surface area contributed by atoms with Crippen LogP contribution >= 0.6 is 24.8 Å². The summed E-state index contributed by atoms with van der Waals surface area (Å²) in [5.74, 6) is 1.10. The van der Waals surface area contributed by atoms with Crippen LogP contribution in [0.25, 0.3) is 5.82 Å². The number of carbonyl (C=O) groups excluding carboxylic acids is 1. The Hall–Kier alpha value is -1.63. The molecule has 2 aromatic rings. The zero-order valence-electron chi connectivity index (χ0n) is 11.8. The first-order chi connectivity index (χ1) is 9.13. The third kappa shape index (κ3) is 4.42. The van der Waals surface area contributed by atoms with Gasteiger partial charge in [-0.05, 0) is 19.1 Å². The topological polar surface area (TPSA) is 85.8 Å². The highest BCUT2D eigenvalue weighted by molar-refractivity contribution is 5.94. The summed E-state index contributed by atoms with van der Waals surface area (Å²) in [6.07, 6.45) is 5.18. The lowest BCUT2D eigenvalue weighted by Gasteiger charge is -2.14. The van der Waals surface area contributed by atoms with Gasteiger partial charge in [-0.15, -0.1) is 24.8 Å². The van der Waals surface area contributed by atoms with E-state index in [1.165, 1.54) is 0 Å². The van der Waals surface area contributed by atoms with E-state index in [9.17, 15) is 4.79 Å². The van der Waals surface area contributed by atoms with Crippen molar-refractivity contribution in [1.82, 2.24) is 14.5 Å². The van der Waals surface area contributed by atoms with Crippen LogP contribution in [-0.4, -0.2) is 27.0 Å². The van der Waals surface area contributed by atoms with Gasteiger partial charge >= 0.3 is 0 Å². The van der Waals surface area contributed by atoms with Gasteiger partial charge in [0.1, 0.15) is 5.82 Å². The molecule has 0 saturated heterocycles. The number of carbonyl (C=O) groups is 1. The van der Waals surface area contributed by atoms with Crippen LogP contribution in [-0.2, 0) is 4.79 Å². The molecule has 0 saturated carbocycles. The maximum absolute atomic E-state index is 11.9. The average Bonchev–Trinajstić information content (AvgIpc) is 2.84. The number of hydrogen-bond donors (Lipinski definition) is 2. The molecule has 21 heavy (non-hydrogen) atoms. The Morgan fingerprint density at radius 3 is 2.67 bits per heavy atom. The van der Waals surface area contributed by atoms with Crippen molar-refractivity contribution in [3.8, 4) is 5.82 Å². The van der Waals surface area contributed by atoms with Gasteiger partial charge in [-0.25, -0.2) is 9.97 Å². The fourth-order valence-corrected chi connectivity index (χ4v) is 1.65. The molecule has 0 spiro atoms. The quantitative estimate of drug-likeness (QED) is 0.896. The molecule has 0 aliphatic carbocycles. The second-order valence-corrected chi connectivity index (χ2v) is 4.35. The number of imidazole rings is 1. The summed E-state index contributed by atoms with van der Waals surface area (Å²) < 4.78 is 1.82. The van der Waals surface area contributed by atoms with Crippen molar-refractivity contribution in [3.63, 3.8) is 0 Å². The largest absolute Gasteiger partial charge is 0.330 e. The van der Waals surface area contributed by atoms with E-state index in [-0.39, 0.29) is 36.6 Å². The summed E-state index contributed by atoms with van der Waals surface area (Å²) in [5.41, 5.74) is 6.14. The summed E-state index contributed by atoms with van der Waals surface area (Å²) in [4.78, 5) is 20.4. The molecule has 0 aliphatic rings. The van der Waals surface area contributed by atoms with Gasteiger partial charge in [0.2, 0.25) is 5.91 Å². The van der Waals surface area contributed by atoms with E-state index in [0.29, 0.717) is 18.1 Å². The lowest BCUT2D eigenvalue weighted by atomic mass is 10.1. The molecule has 0 radical (unpaired) electrons. The van der Waals surface area contributed by atoms with Crippen LogP contribution in [0.4, 0.5) is 5.69 Å². The van der Waals surface area contributed by atoms with Gasteiger partial charge in [-0.3, -0.25) is 9.36 Å². The molecule has 1 amide bonds. The molecular weight excluding hydrogens is 313 g/mol. The van der Waals surface area contributed by atoms with E-state index >= 15 is 0 Å². The van der Waals surface area contributed by atoms with Crippen molar-refractivity contribution in [2.45, 2.75) is 13.8 Å². The highest BCUT2D eigenvalue weighted by atomic mass is 35.5. The molecule has 0 fully saturated rings. The standard InChI is InChI=1S/C13H17N5O.2ClH/c1-9(8-14)13(19)17-11-4-3-5-16-12(11)18-7-6-15-10(18)2;;/h3-7,9H,8,14H2,1-2H3,(H,17,19);2*1H. The van der Waals surface area contributed by atoms with E-state index in [1.54, 1.807) is 31.6 Å². The lowest BCUT2D eigenvalue weighted by Crippen LogP contribution is -2.27. The fraction of sp³-hybridized carbons (Fsp3) is 0.308. The van der Waals surface area contributed by atoms with Crippen molar-refractivity contribution in [3.05, 3.63) is 36.5 Å². The molecule has 116 valence electrons. The Morgan fingerprint density at radius 1 is 1.38 bits per heavy atom.